The molecule has 0 spiro atoms. The van der Waals surface area contributed by atoms with Crippen molar-refractivity contribution in [3.63, 3.8) is 0 Å². The largest absolute Gasteiger partial charge is 0.385 e. The number of hydrogen-bond donors (Lipinski definition) is 1. The van der Waals surface area contributed by atoms with Gasteiger partial charge < -0.3 is 10.1 Å². The average molecular weight is 213 g/mol. The summed E-state index contributed by atoms with van der Waals surface area (Å²) in [6, 6.07) is 0.855. The van der Waals surface area contributed by atoms with Crippen molar-refractivity contribution >= 4 is 0 Å². The molecule has 0 aromatic heterocycles. The Morgan fingerprint density at radius 2 is 1.93 bits per heavy atom. The Morgan fingerprint density at radius 3 is 2.53 bits per heavy atom. The molecule has 1 aliphatic rings. The van der Waals surface area contributed by atoms with E-state index in [9.17, 15) is 0 Å². The summed E-state index contributed by atoms with van der Waals surface area (Å²) >= 11 is 0. The van der Waals surface area contributed by atoms with Crippen LogP contribution in [-0.2, 0) is 4.74 Å². The fraction of sp³-hybridized carbons (Fsp3) is 1.00. The first-order chi connectivity index (χ1) is 7.24. The van der Waals surface area contributed by atoms with Crippen molar-refractivity contribution in [1.29, 1.82) is 0 Å². The Kier molecular flexibility index (Phi) is 6.26. The third-order valence-electron chi connectivity index (χ3n) is 3.54. The maximum Gasteiger partial charge on any atom is 0.0462 e. The van der Waals surface area contributed by atoms with Crippen molar-refractivity contribution in [2.24, 2.45) is 11.8 Å². The van der Waals surface area contributed by atoms with Crippen molar-refractivity contribution in [1.82, 2.24) is 5.32 Å². The molecular weight excluding hydrogens is 186 g/mol. The lowest BCUT2D eigenvalue weighted by atomic mass is 9.91. The maximum atomic E-state index is 5.06. The first kappa shape index (κ1) is 13.0. The van der Waals surface area contributed by atoms with E-state index in [0.717, 1.165) is 24.5 Å². The Labute approximate surface area is 94.8 Å². The monoisotopic (exact) mass is 213 g/mol. The number of nitrogens with one attached hydrogen (secondary N) is 1. The van der Waals surface area contributed by atoms with Crippen LogP contribution in [0.3, 0.4) is 0 Å². The number of methoxy groups -OCH3 is 1. The van der Waals surface area contributed by atoms with Gasteiger partial charge in [-0.3, -0.25) is 0 Å². The summed E-state index contributed by atoms with van der Waals surface area (Å²) in [6.45, 7) is 6.87. The zero-order chi connectivity index (χ0) is 11.1. The molecule has 2 unspecified atom stereocenters. The summed E-state index contributed by atoms with van der Waals surface area (Å²) in [5, 5.41) is 3.61. The Balaban J connectivity index is 1.95. The highest BCUT2D eigenvalue weighted by atomic mass is 16.5. The zero-order valence-electron chi connectivity index (χ0n) is 10.6. The number of ether oxygens (including phenoxy) is 1. The molecule has 0 aliphatic heterocycles. The molecule has 2 atom stereocenters. The van der Waals surface area contributed by atoms with E-state index >= 15 is 0 Å². The number of unbranched alkanes of at least 4 members (excludes halogenated alkanes) is 1. The molecule has 1 saturated carbocycles. The van der Waals surface area contributed by atoms with E-state index in [1.54, 1.807) is 7.11 Å². The summed E-state index contributed by atoms with van der Waals surface area (Å²) in [7, 11) is 1.78. The van der Waals surface area contributed by atoms with Crippen LogP contribution in [0.1, 0.15) is 46.0 Å². The van der Waals surface area contributed by atoms with Crippen LogP contribution in [0.2, 0.25) is 0 Å². The fourth-order valence-electron chi connectivity index (χ4n) is 1.84. The molecule has 1 N–H and O–H groups in total. The maximum absolute atomic E-state index is 5.06. The zero-order valence-corrected chi connectivity index (χ0v) is 10.6. The molecular formula is C13H27NO. The predicted molar refractivity (Wildman–Crippen MR) is 65.1 cm³/mol. The molecule has 0 amide bonds. The molecule has 2 heteroatoms. The quantitative estimate of drug-likeness (QED) is 0.595. The predicted octanol–water partition coefficient (Wildman–Crippen LogP) is 2.83. The van der Waals surface area contributed by atoms with Crippen LogP contribution >= 0.6 is 0 Å². The lowest BCUT2D eigenvalue weighted by Crippen LogP contribution is -2.26. The van der Waals surface area contributed by atoms with Crippen molar-refractivity contribution in [2.45, 2.75) is 52.0 Å². The Bertz CT molecular complexity index is 157. The van der Waals surface area contributed by atoms with E-state index in [-0.39, 0.29) is 0 Å². The van der Waals surface area contributed by atoms with Gasteiger partial charge in [0.2, 0.25) is 0 Å². The van der Waals surface area contributed by atoms with E-state index < -0.39 is 0 Å². The van der Waals surface area contributed by atoms with E-state index in [4.69, 9.17) is 4.74 Å². The highest BCUT2D eigenvalue weighted by Crippen LogP contribution is 2.21. The topological polar surface area (TPSA) is 21.3 Å². The molecule has 1 fully saturated rings. The summed E-state index contributed by atoms with van der Waals surface area (Å²) in [6.07, 6.45) is 6.66. The van der Waals surface area contributed by atoms with Crippen LogP contribution in [0, 0.1) is 11.8 Å². The highest BCUT2D eigenvalue weighted by Gasteiger charge is 2.22. The second-order valence-corrected chi connectivity index (χ2v) is 5.13. The standard InChI is InChI=1S/C13H27NO/c1-11(6-4-5-9-15-3)12(2)10-14-13-7-8-13/h11-14H,4-10H2,1-3H3. The van der Waals surface area contributed by atoms with Crippen LogP contribution in [0.4, 0.5) is 0 Å². The second kappa shape index (κ2) is 7.24. The van der Waals surface area contributed by atoms with Gasteiger partial charge in [0.25, 0.3) is 0 Å². The van der Waals surface area contributed by atoms with Gasteiger partial charge in [-0.15, -0.1) is 0 Å². The Hall–Kier alpha value is -0.0800. The first-order valence-corrected chi connectivity index (χ1v) is 6.46. The van der Waals surface area contributed by atoms with Gasteiger partial charge in [-0.1, -0.05) is 26.7 Å². The normalized spacial score (nSPS) is 20.2. The third kappa shape index (κ3) is 6.16. The molecule has 0 saturated heterocycles. The summed E-state index contributed by atoms with van der Waals surface area (Å²) in [4.78, 5) is 0. The third-order valence-corrected chi connectivity index (χ3v) is 3.54. The van der Waals surface area contributed by atoms with Crippen LogP contribution in [0.25, 0.3) is 0 Å². The first-order valence-electron chi connectivity index (χ1n) is 6.46. The van der Waals surface area contributed by atoms with Crippen molar-refractivity contribution < 1.29 is 4.74 Å². The Morgan fingerprint density at radius 1 is 1.20 bits per heavy atom. The minimum absolute atomic E-state index is 0.813. The molecule has 0 heterocycles. The van der Waals surface area contributed by atoms with Crippen LogP contribution < -0.4 is 5.32 Å². The van der Waals surface area contributed by atoms with E-state index in [1.165, 1.54) is 38.6 Å². The lowest BCUT2D eigenvalue weighted by molar-refractivity contribution is 0.188. The van der Waals surface area contributed by atoms with Gasteiger partial charge >= 0.3 is 0 Å². The summed E-state index contributed by atoms with van der Waals surface area (Å²) < 4.78 is 5.06. The van der Waals surface area contributed by atoms with Gasteiger partial charge in [0, 0.05) is 19.8 Å². The van der Waals surface area contributed by atoms with Gasteiger partial charge in [0.05, 0.1) is 0 Å². The molecule has 0 radical (unpaired) electrons. The molecule has 2 nitrogen and oxygen atoms in total. The van der Waals surface area contributed by atoms with Gasteiger partial charge in [0.15, 0.2) is 0 Å². The lowest BCUT2D eigenvalue weighted by Gasteiger charge is -2.20. The fourth-order valence-corrected chi connectivity index (χ4v) is 1.84. The van der Waals surface area contributed by atoms with Gasteiger partial charge in [0.1, 0.15) is 0 Å². The molecule has 90 valence electrons. The van der Waals surface area contributed by atoms with E-state index in [1.807, 2.05) is 0 Å². The van der Waals surface area contributed by atoms with E-state index in [2.05, 4.69) is 19.2 Å². The number of rotatable bonds is 9. The van der Waals surface area contributed by atoms with Crippen LogP contribution in [0.5, 0.6) is 0 Å². The smallest absolute Gasteiger partial charge is 0.0462 e. The molecule has 0 aromatic carbocycles. The second-order valence-electron chi connectivity index (χ2n) is 5.13. The molecule has 0 aromatic rings. The van der Waals surface area contributed by atoms with E-state index in [0.29, 0.717) is 0 Å². The molecule has 1 aliphatic carbocycles. The van der Waals surface area contributed by atoms with Gasteiger partial charge in [-0.2, -0.15) is 0 Å². The van der Waals surface area contributed by atoms with Crippen molar-refractivity contribution in [2.75, 3.05) is 20.3 Å². The van der Waals surface area contributed by atoms with Crippen molar-refractivity contribution in [3.05, 3.63) is 0 Å². The minimum Gasteiger partial charge on any atom is -0.385 e. The summed E-state index contributed by atoms with van der Waals surface area (Å²) in [5.74, 6) is 1.65. The van der Waals surface area contributed by atoms with Crippen LogP contribution in [0.15, 0.2) is 0 Å². The number of hydrogen-bond acceptors (Lipinski definition) is 2. The average Bonchev–Trinajstić information content (AvgIpc) is 3.04. The minimum atomic E-state index is 0.813. The van der Waals surface area contributed by atoms with Gasteiger partial charge in [-0.05, 0) is 37.6 Å². The highest BCUT2D eigenvalue weighted by molar-refractivity contribution is 4.81. The molecule has 0 bridgehead atoms. The molecule has 15 heavy (non-hydrogen) atoms. The molecule has 1 rings (SSSR count). The summed E-state index contributed by atoms with van der Waals surface area (Å²) in [5.41, 5.74) is 0. The van der Waals surface area contributed by atoms with Crippen molar-refractivity contribution in [3.8, 4) is 0 Å². The SMILES string of the molecule is COCCCCC(C)C(C)CNC1CC1. The van der Waals surface area contributed by atoms with Crippen LogP contribution in [-0.4, -0.2) is 26.3 Å². The van der Waals surface area contributed by atoms with Gasteiger partial charge in [-0.25, -0.2) is 0 Å².